The van der Waals surface area contributed by atoms with Crippen molar-refractivity contribution < 1.29 is 19.4 Å². The van der Waals surface area contributed by atoms with Crippen LogP contribution in [0.5, 0.6) is 0 Å². The summed E-state index contributed by atoms with van der Waals surface area (Å²) in [4.78, 5) is 11.5. The smallest absolute Gasteiger partial charge is 0.192 e. The number of carbonyl (C=O) groups is 1. The van der Waals surface area contributed by atoms with Crippen LogP contribution in [0.2, 0.25) is 18.1 Å². The monoisotopic (exact) mass is 260 g/mol. The minimum Gasteiger partial charge on any atom is -0.413 e. The summed E-state index contributed by atoms with van der Waals surface area (Å²) < 4.78 is 6.08. The van der Waals surface area contributed by atoms with Gasteiger partial charge in [-0.1, -0.05) is 20.8 Å². The van der Waals surface area contributed by atoms with Crippen LogP contribution in [0.25, 0.3) is 0 Å². The highest BCUT2D eigenvalue weighted by molar-refractivity contribution is 6.74. The molecular weight excluding hydrogens is 236 g/mol. The molecule has 3 atom stereocenters. The lowest BCUT2D eigenvalue weighted by molar-refractivity contribution is -0.141. The van der Waals surface area contributed by atoms with E-state index in [1.165, 1.54) is 0 Å². The number of aliphatic hydroxyl groups excluding tert-OH is 2. The second-order valence-corrected chi connectivity index (χ2v) is 11.2. The Morgan fingerprint density at radius 1 is 1.29 bits per heavy atom. The lowest BCUT2D eigenvalue weighted by Gasteiger charge is -2.41. The molecule has 1 saturated carbocycles. The van der Waals surface area contributed by atoms with Gasteiger partial charge in [0.25, 0.3) is 0 Å². The van der Waals surface area contributed by atoms with E-state index in [1.54, 1.807) is 0 Å². The highest BCUT2D eigenvalue weighted by Crippen LogP contribution is 2.38. The third kappa shape index (κ3) is 3.37. The standard InChI is InChI=1S/C12H24O4Si/c1-12(2,3)17(4,5)16-8-6-9(13)11(15)10(14)7-8/h8-9,11,13,15H,6-7H2,1-5H3/t8-,9-,11-/m1/s1. The Balaban J connectivity index is 2.68. The highest BCUT2D eigenvalue weighted by Gasteiger charge is 2.42. The molecule has 0 radical (unpaired) electrons. The summed E-state index contributed by atoms with van der Waals surface area (Å²) in [6, 6.07) is 0. The van der Waals surface area contributed by atoms with Crippen LogP contribution in [0.1, 0.15) is 33.6 Å². The molecule has 4 nitrogen and oxygen atoms in total. The van der Waals surface area contributed by atoms with Crippen molar-refractivity contribution in [1.82, 2.24) is 0 Å². The maximum Gasteiger partial charge on any atom is 0.192 e. The summed E-state index contributed by atoms with van der Waals surface area (Å²) in [5.41, 5.74) is 0. The first-order chi connectivity index (χ1) is 7.54. The van der Waals surface area contributed by atoms with Crippen LogP contribution in [0.15, 0.2) is 0 Å². The van der Waals surface area contributed by atoms with E-state index in [9.17, 15) is 15.0 Å². The van der Waals surface area contributed by atoms with E-state index in [0.717, 1.165) is 0 Å². The maximum absolute atomic E-state index is 11.5. The van der Waals surface area contributed by atoms with Crippen molar-refractivity contribution in [1.29, 1.82) is 0 Å². The summed E-state index contributed by atoms with van der Waals surface area (Å²) in [5, 5.41) is 19.0. The zero-order valence-electron chi connectivity index (χ0n) is 11.4. The molecule has 2 N–H and O–H groups in total. The van der Waals surface area contributed by atoms with Crippen LogP contribution in [-0.2, 0) is 9.22 Å². The second kappa shape index (κ2) is 4.80. The van der Waals surface area contributed by atoms with E-state index in [0.29, 0.717) is 6.42 Å². The second-order valence-electron chi connectivity index (χ2n) is 6.42. The van der Waals surface area contributed by atoms with Crippen molar-refractivity contribution in [3.05, 3.63) is 0 Å². The molecule has 0 unspecified atom stereocenters. The normalized spacial score (nSPS) is 31.7. The average Bonchev–Trinajstić information content (AvgIpc) is 2.11. The summed E-state index contributed by atoms with van der Waals surface area (Å²) in [5.74, 6) is -0.313. The van der Waals surface area contributed by atoms with Crippen LogP contribution < -0.4 is 0 Å². The first-order valence-corrected chi connectivity index (χ1v) is 9.02. The number of rotatable bonds is 2. The lowest BCUT2D eigenvalue weighted by atomic mass is 9.91. The fraction of sp³-hybridized carbons (Fsp3) is 0.917. The molecule has 0 saturated heterocycles. The summed E-state index contributed by atoms with van der Waals surface area (Å²) in [7, 11) is -1.92. The maximum atomic E-state index is 11.5. The third-order valence-electron chi connectivity index (χ3n) is 3.90. The minimum absolute atomic E-state index is 0.0804. The fourth-order valence-electron chi connectivity index (χ4n) is 1.72. The van der Waals surface area contributed by atoms with E-state index < -0.39 is 20.5 Å². The van der Waals surface area contributed by atoms with Crippen molar-refractivity contribution >= 4 is 14.1 Å². The van der Waals surface area contributed by atoms with E-state index in [4.69, 9.17) is 4.43 Å². The topological polar surface area (TPSA) is 66.8 Å². The van der Waals surface area contributed by atoms with E-state index in [1.807, 2.05) is 0 Å². The molecule has 0 aromatic carbocycles. The van der Waals surface area contributed by atoms with Crippen LogP contribution >= 0.6 is 0 Å². The Hall–Kier alpha value is -0.233. The number of Topliss-reactive ketones (excluding diaryl/α,β-unsaturated/α-hetero) is 1. The van der Waals surface area contributed by atoms with Crippen LogP contribution in [0.4, 0.5) is 0 Å². The zero-order chi connectivity index (χ0) is 13.4. The molecule has 0 bridgehead atoms. The molecule has 1 fully saturated rings. The Labute approximate surface area is 104 Å². The third-order valence-corrected chi connectivity index (χ3v) is 8.43. The van der Waals surface area contributed by atoms with Gasteiger partial charge < -0.3 is 14.6 Å². The molecule has 0 spiro atoms. The van der Waals surface area contributed by atoms with Gasteiger partial charge in [0.05, 0.1) is 12.2 Å². The SMILES string of the molecule is CC(C)(C)[Si](C)(C)O[C@H]1CC(=O)[C@H](O)[C@H](O)C1. The van der Waals surface area contributed by atoms with Gasteiger partial charge in [-0.2, -0.15) is 0 Å². The molecule has 0 heterocycles. The molecule has 1 aliphatic rings. The van der Waals surface area contributed by atoms with Crippen molar-refractivity contribution in [2.75, 3.05) is 0 Å². The van der Waals surface area contributed by atoms with Gasteiger partial charge in [-0.05, 0) is 18.1 Å². The van der Waals surface area contributed by atoms with Gasteiger partial charge in [0.1, 0.15) is 6.10 Å². The van der Waals surface area contributed by atoms with Gasteiger partial charge in [-0.3, -0.25) is 4.79 Å². The van der Waals surface area contributed by atoms with Gasteiger partial charge >= 0.3 is 0 Å². The van der Waals surface area contributed by atoms with Crippen LogP contribution in [0.3, 0.4) is 0 Å². The molecule has 1 rings (SSSR count). The zero-order valence-corrected chi connectivity index (χ0v) is 12.4. The van der Waals surface area contributed by atoms with Crippen molar-refractivity contribution in [3.63, 3.8) is 0 Å². The van der Waals surface area contributed by atoms with Crippen LogP contribution in [0, 0.1) is 0 Å². The number of ketones is 1. The van der Waals surface area contributed by atoms with Crippen LogP contribution in [-0.4, -0.2) is 42.6 Å². The van der Waals surface area contributed by atoms with Crippen molar-refractivity contribution in [3.8, 4) is 0 Å². The number of aliphatic hydroxyl groups is 2. The average molecular weight is 260 g/mol. The quantitative estimate of drug-likeness (QED) is 0.738. The molecule has 0 aliphatic heterocycles. The summed E-state index contributed by atoms with van der Waals surface area (Å²) in [6.07, 6.45) is -1.90. The van der Waals surface area contributed by atoms with Gasteiger partial charge in [0, 0.05) is 12.8 Å². The Morgan fingerprint density at radius 2 is 1.82 bits per heavy atom. The van der Waals surface area contributed by atoms with E-state index in [-0.39, 0.29) is 23.3 Å². The summed E-state index contributed by atoms with van der Waals surface area (Å²) >= 11 is 0. The van der Waals surface area contributed by atoms with E-state index in [2.05, 4.69) is 33.9 Å². The predicted octanol–water partition coefficient (Wildman–Crippen LogP) is 1.46. The van der Waals surface area contributed by atoms with Gasteiger partial charge in [0.15, 0.2) is 14.1 Å². The summed E-state index contributed by atoms with van der Waals surface area (Å²) in [6.45, 7) is 10.6. The molecule has 1 aliphatic carbocycles. The van der Waals surface area contributed by atoms with E-state index >= 15 is 0 Å². The fourth-order valence-corrected chi connectivity index (χ4v) is 3.09. The molecule has 0 amide bonds. The number of hydrogen-bond acceptors (Lipinski definition) is 4. The van der Waals surface area contributed by atoms with Crippen molar-refractivity contribution in [2.24, 2.45) is 0 Å². The molecule has 17 heavy (non-hydrogen) atoms. The first kappa shape index (κ1) is 14.8. The molecule has 5 heteroatoms. The van der Waals surface area contributed by atoms with Gasteiger partial charge in [-0.25, -0.2) is 0 Å². The lowest BCUT2D eigenvalue weighted by Crippen LogP contribution is -2.50. The van der Waals surface area contributed by atoms with Gasteiger partial charge in [0.2, 0.25) is 0 Å². The Kier molecular flexibility index (Phi) is 4.19. The first-order valence-electron chi connectivity index (χ1n) is 6.11. The Bertz CT molecular complexity index is 295. The minimum atomic E-state index is -1.92. The Morgan fingerprint density at radius 3 is 2.24 bits per heavy atom. The predicted molar refractivity (Wildman–Crippen MR) is 68.3 cm³/mol. The largest absolute Gasteiger partial charge is 0.413 e. The molecule has 100 valence electrons. The van der Waals surface area contributed by atoms with Gasteiger partial charge in [-0.15, -0.1) is 0 Å². The van der Waals surface area contributed by atoms with Crippen molar-refractivity contribution in [2.45, 2.75) is 70.1 Å². The molecule has 0 aromatic heterocycles. The number of carbonyl (C=O) groups excluding carboxylic acids is 1. The molecule has 0 aromatic rings. The molecular formula is C12H24O4Si. The highest BCUT2D eigenvalue weighted by atomic mass is 28.4. The number of hydrogen-bond donors (Lipinski definition) is 2.